The van der Waals surface area contributed by atoms with Gasteiger partial charge in [-0.2, -0.15) is 0 Å². The first-order chi connectivity index (χ1) is 14.7. The molecule has 162 valence electrons. The van der Waals surface area contributed by atoms with Crippen LogP contribution in [0.3, 0.4) is 0 Å². The highest BCUT2D eigenvalue weighted by Gasteiger charge is 2.29. The van der Waals surface area contributed by atoms with E-state index in [4.69, 9.17) is 27.9 Å². The molecule has 0 aliphatic rings. The molecular formula is C22H19Cl2NO5S. The fourth-order valence-corrected chi connectivity index (χ4v) is 4.83. The second kappa shape index (κ2) is 9.60. The number of anilines is 1. The number of carbonyl (C=O) groups is 1. The van der Waals surface area contributed by atoms with Crippen molar-refractivity contribution in [1.82, 2.24) is 0 Å². The maximum absolute atomic E-state index is 13.2. The van der Waals surface area contributed by atoms with Gasteiger partial charge in [0.1, 0.15) is 18.9 Å². The van der Waals surface area contributed by atoms with Gasteiger partial charge in [0.2, 0.25) is 0 Å². The molecular weight excluding hydrogens is 461 g/mol. The molecule has 0 amide bonds. The molecule has 1 N–H and O–H groups in total. The van der Waals surface area contributed by atoms with Crippen LogP contribution in [0, 0.1) is 6.92 Å². The lowest BCUT2D eigenvalue weighted by atomic mass is 10.2. The number of benzene rings is 3. The van der Waals surface area contributed by atoms with Crippen LogP contribution < -0.4 is 9.04 Å². The van der Waals surface area contributed by atoms with Crippen LogP contribution in [0.1, 0.15) is 11.1 Å². The summed E-state index contributed by atoms with van der Waals surface area (Å²) in [4.78, 5) is 11.4. The highest BCUT2D eigenvalue weighted by Crippen LogP contribution is 2.38. The van der Waals surface area contributed by atoms with E-state index in [1.54, 1.807) is 12.1 Å². The van der Waals surface area contributed by atoms with Crippen LogP contribution in [0.25, 0.3) is 0 Å². The highest BCUT2D eigenvalue weighted by molar-refractivity contribution is 7.92. The van der Waals surface area contributed by atoms with Crippen molar-refractivity contribution in [2.75, 3.05) is 10.8 Å². The number of carboxylic acids is 1. The van der Waals surface area contributed by atoms with Crippen molar-refractivity contribution in [2.45, 2.75) is 18.4 Å². The number of ether oxygens (including phenoxy) is 1. The molecule has 0 heterocycles. The molecule has 0 spiro atoms. The molecule has 3 aromatic carbocycles. The van der Waals surface area contributed by atoms with Gasteiger partial charge in [-0.25, -0.2) is 8.42 Å². The lowest BCUT2D eigenvalue weighted by Crippen LogP contribution is -2.36. The molecule has 9 heteroatoms. The Morgan fingerprint density at radius 3 is 2.26 bits per heavy atom. The Kier molecular flexibility index (Phi) is 7.10. The van der Waals surface area contributed by atoms with Gasteiger partial charge in [0.15, 0.2) is 0 Å². The minimum absolute atomic E-state index is 0.0194. The third-order valence-corrected chi connectivity index (χ3v) is 6.77. The van der Waals surface area contributed by atoms with Gasteiger partial charge in [-0.3, -0.25) is 9.10 Å². The third kappa shape index (κ3) is 5.50. The Morgan fingerprint density at radius 2 is 1.65 bits per heavy atom. The molecule has 0 aliphatic heterocycles. The summed E-state index contributed by atoms with van der Waals surface area (Å²) >= 11 is 12.5. The van der Waals surface area contributed by atoms with Crippen LogP contribution in [0.2, 0.25) is 10.0 Å². The number of hydrogen-bond acceptors (Lipinski definition) is 4. The van der Waals surface area contributed by atoms with E-state index >= 15 is 0 Å². The lowest BCUT2D eigenvalue weighted by Gasteiger charge is -2.24. The van der Waals surface area contributed by atoms with Gasteiger partial charge in [-0.15, -0.1) is 0 Å². The standard InChI is InChI=1S/C22H19Cl2NO5S/c1-15-7-9-17(10-8-15)31(28,29)25(13-22(26)27)20-12-21(19(24)11-18(20)23)30-14-16-5-3-2-4-6-16/h2-12H,13-14H2,1H3,(H,26,27). The van der Waals surface area contributed by atoms with Crippen molar-refractivity contribution in [3.63, 3.8) is 0 Å². The molecule has 3 aromatic rings. The SMILES string of the molecule is Cc1ccc(S(=O)(=O)N(CC(=O)O)c2cc(OCc3ccccc3)c(Cl)cc2Cl)cc1. The Balaban J connectivity index is 2.02. The Hall–Kier alpha value is -2.74. The quantitative estimate of drug-likeness (QED) is 0.482. The first-order valence-corrected chi connectivity index (χ1v) is 11.3. The van der Waals surface area contributed by atoms with Gasteiger partial charge in [-0.05, 0) is 30.7 Å². The molecule has 0 unspecified atom stereocenters. The van der Waals surface area contributed by atoms with Gasteiger partial charge < -0.3 is 9.84 Å². The van der Waals surface area contributed by atoms with E-state index in [-0.39, 0.29) is 33.0 Å². The van der Waals surface area contributed by atoms with Crippen LogP contribution >= 0.6 is 23.2 Å². The second-order valence-corrected chi connectivity index (χ2v) is 9.40. The molecule has 0 saturated carbocycles. The molecule has 0 atom stereocenters. The van der Waals surface area contributed by atoms with Crippen LogP contribution in [0.15, 0.2) is 71.6 Å². The summed E-state index contributed by atoms with van der Waals surface area (Å²) in [5.74, 6) is -1.16. The maximum atomic E-state index is 13.2. The molecule has 0 bridgehead atoms. The van der Waals surface area contributed by atoms with Crippen molar-refractivity contribution < 1.29 is 23.1 Å². The third-order valence-electron chi connectivity index (χ3n) is 4.40. The van der Waals surface area contributed by atoms with Gasteiger partial charge in [0, 0.05) is 6.07 Å². The fraction of sp³-hybridized carbons (Fsp3) is 0.136. The van der Waals surface area contributed by atoms with Gasteiger partial charge >= 0.3 is 5.97 Å². The average Bonchev–Trinajstić information content (AvgIpc) is 2.72. The molecule has 0 aliphatic carbocycles. The average molecular weight is 480 g/mol. The number of halogens is 2. The number of carboxylic acid groups (broad SMARTS) is 1. The summed E-state index contributed by atoms with van der Waals surface area (Å²) in [6.45, 7) is 1.18. The summed E-state index contributed by atoms with van der Waals surface area (Å²) in [5.41, 5.74) is 1.70. The highest BCUT2D eigenvalue weighted by atomic mass is 35.5. The molecule has 0 saturated heterocycles. The number of nitrogens with zero attached hydrogens (tertiary/aromatic N) is 1. The molecule has 0 fully saturated rings. The topological polar surface area (TPSA) is 83.9 Å². The van der Waals surface area contributed by atoms with E-state index in [2.05, 4.69) is 0 Å². The van der Waals surface area contributed by atoms with E-state index in [0.29, 0.717) is 0 Å². The Morgan fingerprint density at radius 1 is 1.00 bits per heavy atom. The minimum atomic E-state index is -4.22. The monoisotopic (exact) mass is 479 g/mol. The summed E-state index contributed by atoms with van der Waals surface area (Å²) < 4.78 is 33.0. The van der Waals surface area contributed by atoms with Crippen LogP contribution in [-0.4, -0.2) is 26.0 Å². The summed E-state index contributed by atoms with van der Waals surface area (Å²) in [5, 5.41) is 9.51. The van der Waals surface area contributed by atoms with E-state index in [1.807, 2.05) is 37.3 Å². The van der Waals surface area contributed by atoms with E-state index < -0.39 is 22.5 Å². The predicted molar refractivity (Wildman–Crippen MR) is 121 cm³/mol. The zero-order chi connectivity index (χ0) is 22.6. The number of aryl methyl sites for hydroxylation is 1. The van der Waals surface area contributed by atoms with Crippen LogP contribution in [0.4, 0.5) is 5.69 Å². The largest absolute Gasteiger partial charge is 0.487 e. The first-order valence-electron chi connectivity index (χ1n) is 9.15. The predicted octanol–water partition coefficient (Wildman–Crippen LogP) is 5.16. The normalized spacial score (nSPS) is 11.2. The minimum Gasteiger partial charge on any atom is -0.487 e. The molecule has 31 heavy (non-hydrogen) atoms. The van der Waals surface area contributed by atoms with Gasteiger partial charge in [0.05, 0.1) is 20.6 Å². The molecule has 0 radical (unpaired) electrons. The molecule has 3 rings (SSSR count). The summed E-state index contributed by atoms with van der Waals surface area (Å²) in [6, 6.07) is 18.1. The Labute approximate surface area is 190 Å². The zero-order valence-electron chi connectivity index (χ0n) is 16.5. The maximum Gasteiger partial charge on any atom is 0.324 e. The van der Waals surface area contributed by atoms with Crippen molar-refractivity contribution >= 4 is 44.9 Å². The van der Waals surface area contributed by atoms with Crippen molar-refractivity contribution in [3.8, 4) is 5.75 Å². The fourth-order valence-electron chi connectivity index (χ4n) is 2.82. The van der Waals surface area contributed by atoms with Gasteiger partial charge in [0.25, 0.3) is 10.0 Å². The van der Waals surface area contributed by atoms with Gasteiger partial charge in [-0.1, -0.05) is 71.2 Å². The number of rotatable bonds is 8. The van der Waals surface area contributed by atoms with E-state index in [0.717, 1.165) is 15.4 Å². The van der Waals surface area contributed by atoms with Crippen LogP contribution in [0.5, 0.6) is 5.75 Å². The molecule has 6 nitrogen and oxygen atoms in total. The van der Waals surface area contributed by atoms with Crippen molar-refractivity contribution in [1.29, 1.82) is 0 Å². The van der Waals surface area contributed by atoms with E-state index in [9.17, 15) is 18.3 Å². The number of hydrogen-bond donors (Lipinski definition) is 1. The molecule has 0 aromatic heterocycles. The van der Waals surface area contributed by atoms with Crippen LogP contribution in [-0.2, 0) is 21.4 Å². The van der Waals surface area contributed by atoms with Crippen molar-refractivity contribution in [3.05, 3.63) is 87.9 Å². The Bertz CT molecular complexity index is 1180. The van der Waals surface area contributed by atoms with Crippen molar-refractivity contribution in [2.24, 2.45) is 0 Å². The lowest BCUT2D eigenvalue weighted by molar-refractivity contribution is -0.135. The second-order valence-electron chi connectivity index (χ2n) is 6.73. The summed E-state index contributed by atoms with van der Waals surface area (Å²) in [7, 11) is -4.22. The number of aliphatic carboxylic acids is 1. The summed E-state index contributed by atoms with van der Waals surface area (Å²) in [6.07, 6.45) is 0. The number of sulfonamides is 1. The zero-order valence-corrected chi connectivity index (χ0v) is 18.8. The smallest absolute Gasteiger partial charge is 0.324 e. The van der Waals surface area contributed by atoms with E-state index in [1.165, 1.54) is 24.3 Å². The first kappa shape index (κ1) is 22.9.